The van der Waals surface area contributed by atoms with Crippen LogP contribution in [-0.2, 0) is 4.74 Å². The maximum Gasteiger partial charge on any atom is 0.0660 e. The van der Waals surface area contributed by atoms with Gasteiger partial charge < -0.3 is 4.74 Å². The average molecular weight is 210 g/mol. The zero-order valence-electron chi connectivity index (χ0n) is 10.5. The van der Waals surface area contributed by atoms with Crippen LogP contribution in [0.15, 0.2) is 12.2 Å². The molecule has 0 spiro atoms. The highest BCUT2D eigenvalue weighted by molar-refractivity contribution is 4.94. The van der Waals surface area contributed by atoms with E-state index in [0.29, 0.717) is 17.9 Å². The van der Waals surface area contributed by atoms with E-state index in [9.17, 15) is 0 Å². The third-order valence-electron chi connectivity index (χ3n) is 3.18. The molecule has 1 heterocycles. The minimum Gasteiger partial charge on any atom is -0.377 e. The summed E-state index contributed by atoms with van der Waals surface area (Å²) in [5.41, 5.74) is 0. The average Bonchev–Trinajstić information content (AvgIpc) is 2.25. The maximum atomic E-state index is 5.86. The number of rotatable bonds is 5. The highest BCUT2D eigenvalue weighted by Gasteiger charge is 2.26. The van der Waals surface area contributed by atoms with Gasteiger partial charge in [0.25, 0.3) is 0 Å². The molecule has 0 bridgehead atoms. The van der Waals surface area contributed by atoms with Crippen LogP contribution in [0.5, 0.6) is 0 Å². The summed E-state index contributed by atoms with van der Waals surface area (Å²) >= 11 is 0. The second-order valence-corrected chi connectivity index (χ2v) is 4.96. The van der Waals surface area contributed by atoms with E-state index in [1.807, 2.05) is 0 Å². The summed E-state index contributed by atoms with van der Waals surface area (Å²) in [7, 11) is 0. The fraction of sp³-hybridized carbons (Fsp3) is 0.857. The van der Waals surface area contributed by atoms with Crippen LogP contribution in [0.2, 0.25) is 0 Å². The molecule has 1 heteroatoms. The second kappa shape index (κ2) is 7.05. The number of hydrogen-bond acceptors (Lipinski definition) is 1. The van der Waals surface area contributed by atoms with Gasteiger partial charge in [0.1, 0.15) is 0 Å². The number of hydrogen-bond donors (Lipinski definition) is 0. The molecule has 0 aromatic carbocycles. The Kier molecular flexibility index (Phi) is 6.00. The summed E-state index contributed by atoms with van der Waals surface area (Å²) in [4.78, 5) is 0. The van der Waals surface area contributed by atoms with E-state index in [0.717, 1.165) is 6.61 Å². The minimum atomic E-state index is 0.455. The molecule has 1 aliphatic rings. The first-order chi connectivity index (χ1) is 7.25. The Hall–Kier alpha value is -0.300. The van der Waals surface area contributed by atoms with Crippen LogP contribution < -0.4 is 0 Å². The Labute approximate surface area is 94.9 Å². The Morgan fingerprint density at radius 1 is 1.40 bits per heavy atom. The van der Waals surface area contributed by atoms with Crippen molar-refractivity contribution < 1.29 is 4.74 Å². The second-order valence-electron chi connectivity index (χ2n) is 4.96. The normalized spacial score (nSPS) is 27.7. The number of ether oxygens (including phenoxy) is 1. The van der Waals surface area contributed by atoms with Gasteiger partial charge in [0, 0.05) is 12.5 Å². The van der Waals surface area contributed by atoms with Gasteiger partial charge in [-0.15, -0.1) is 0 Å². The van der Waals surface area contributed by atoms with E-state index >= 15 is 0 Å². The van der Waals surface area contributed by atoms with Crippen LogP contribution in [0, 0.1) is 11.8 Å². The molecule has 15 heavy (non-hydrogen) atoms. The molecule has 0 saturated carbocycles. The van der Waals surface area contributed by atoms with E-state index in [-0.39, 0.29) is 0 Å². The summed E-state index contributed by atoms with van der Waals surface area (Å²) in [5, 5.41) is 0. The van der Waals surface area contributed by atoms with Gasteiger partial charge in [-0.25, -0.2) is 0 Å². The lowest BCUT2D eigenvalue weighted by Gasteiger charge is -2.32. The Bertz CT molecular complexity index is 184. The molecule has 0 aliphatic carbocycles. The van der Waals surface area contributed by atoms with Crippen molar-refractivity contribution in [3.05, 3.63) is 12.2 Å². The van der Waals surface area contributed by atoms with E-state index in [4.69, 9.17) is 4.74 Å². The zero-order chi connectivity index (χ0) is 11.1. The molecule has 0 unspecified atom stereocenters. The first-order valence-corrected chi connectivity index (χ1v) is 6.54. The van der Waals surface area contributed by atoms with Gasteiger partial charge in [-0.2, -0.15) is 0 Å². The van der Waals surface area contributed by atoms with E-state index in [1.165, 1.54) is 32.1 Å². The Morgan fingerprint density at radius 3 is 2.87 bits per heavy atom. The molecule has 1 aliphatic heterocycles. The van der Waals surface area contributed by atoms with Crippen LogP contribution in [0.4, 0.5) is 0 Å². The fourth-order valence-electron chi connectivity index (χ4n) is 2.31. The largest absolute Gasteiger partial charge is 0.377 e. The molecule has 0 aromatic rings. The molecule has 1 fully saturated rings. The number of allylic oxidation sites excluding steroid dienone is 1. The molecule has 0 radical (unpaired) electrons. The van der Waals surface area contributed by atoms with Crippen molar-refractivity contribution in [1.82, 2.24) is 0 Å². The number of unbranched alkanes of at least 4 members (excludes halogenated alkanes) is 2. The summed E-state index contributed by atoms with van der Waals surface area (Å²) in [6, 6.07) is 0. The van der Waals surface area contributed by atoms with E-state index in [1.54, 1.807) is 0 Å². The first-order valence-electron chi connectivity index (χ1n) is 6.54. The van der Waals surface area contributed by atoms with Gasteiger partial charge in [0.2, 0.25) is 0 Å². The van der Waals surface area contributed by atoms with Crippen LogP contribution in [0.3, 0.4) is 0 Å². The summed E-state index contributed by atoms with van der Waals surface area (Å²) in [5.74, 6) is 1.31. The molecule has 2 atom stereocenters. The Morgan fingerprint density at radius 2 is 2.20 bits per heavy atom. The van der Waals surface area contributed by atoms with E-state index in [2.05, 4.69) is 32.9 Å². The van der Waals surface area contributed by atoms with Crippen molar-refractivity contribution in [3.8, 4) is 0 Å². The van der Waals surface area contributed by atoms with Crippen molar-refractivity contribution in [2.45, 2.75) is 59.0 Å². The van der Waals surface area contributed by atoms with Crippen LogP contribution in [0.25, 0.3) is 0 Å². The van der Waals surface area contributed by atoms with E-state index < -0.39 is 0 Å². The molecule has 1 rings (SSSR count). The van der Waals surface area contributed by atoms with Crippen molar-refractivity contribution in [2.75, 3.05) is 6.61 Å². The van der Waals surface area contributed by atoms with Gasteiger partial charge in [0.15, 0.2) is 0 Å². The topological polar surface area (TPSA) is 9.23 Å². The maximum absolute atomic E-state index is 5.86. The van der Waals surface area contributed by atoms with Gasteiger partial charge in [-0.1, -0.05) is 45.8 Å². The van der Waals surface area contributed by atoms with Crippen molar-refractivity contribution in [3.63, 3.8) is 0 Å². The monoisotopic (exact) mass is 210 g/mol. The molecular weight excluding hydrogens is 184 g/mol. The summed E-state index contributed by atoms with van der Waals surface area (Å²) in [6.45, 7) is 7.74. The Balaban J connectivity index is 2.38. The summed E-state index contributed by atoms with van der Waals surface area (Å²) in [6.07, 6.45) is 11.6. The van der Waals surface area contributed by atoms with Crippen LogP contribution >= 0.6 is 0 Å². The minimum absolute atomic E-state index is 0.455. The molecule has 88 valence electrons. The summed E-state index contributed by atoms with van der Waals surface area (Å²) < 4.78 is 5.86. The quantitative estimate of drug-likeness (QED) is 0.488. The third-order valence-corrected chi connectivity index (χ3v) is 3.18. The lowest BCUT2D eigenvalue weighted by Crippen LogP contribution is -2.32. The lowest BCUT2D eigenvalue weighted by molar-refractivity contribution is -0.0376. The van der Waals surface area contributed by atoms with Crippen LogP contribution in [0.1, 0.15) is 52.9 Å². The smallest absolute Gasteiger partial charge is 0.0660 e. The van der Waals surface area contributed by atoms with Crippen molar-refractivity contribution in [1.29, 1.82) is 0 Å². The van der Waals surface area contributed by atoms with Gasteiger partial charge in [-0.05, 0) is 25.2 Å². The van der Waals surface area contributed by atoms with Gasteiger partial charge in [0.05, 0.1) is 6.10 Å². The van der Waals surface area contributed by atoms with Crippen molar-refractivity contribution in [2.24, 2.45) is 11.8 Å². The molecular formula is C14H26O. The standard InChI is InChI=1S/C14H26O/c1-4-5-6-7-9-13-10-8-11-15-14(13)12(2)3/h7,9,12-14H,4-6,8,10-11H2,1-3H3/b9-7+/t13-,14+/m0/s1. The SMILES string of the molecule is CCCC/C=C/[C@H]1CCCO[C@@H]1C(C)C. The van der Waals surface area contributed by atoms with Gasteiger partial charge in [-0.3, -0.25) is 0 Å². The van der Waals surface area contributed by atoms with Gasteiger partial charge >= 0.3 is 0 Å². The molecule has 0 amide bonds. The van der Waals surface area contributed by atoms with Crippen molar-refractivity contribution >= 4 is 0 Å². The molecule has 0 N–H and O–H groups in total. The first kappa shape index (κ1) is 12.8. The molecule has 1 nitrogen and oxygen atoms in total. The lowest BCUT2D eigenvalue weighted by atomic mass is 9.87. The molecule has 1 saturated heterocycles. The molecule has 0 aromatic heterocycles. The predicted octanol–water partition coefficient (Wildman–Crippen LogP) is 4.18. The van der Waals surface area contributed by atoms with Crippen LogP contribution in [-0.4, -0.2) is 12.7 Å². The fourth-order valence-corrected chi connectivity index (χ4v) is 2.31. The highest BCUT2D eigenvalue weighted by Crippen LogP contribution is 2.27. The predicted molar refractivity (Wildman–Crippen MR) is 66.0 cm³/mol. The highest BCUT2D eigenvalue weighted by atomic mass is 16.5. The third kappa shape index (κ3) is 4.38. The zero-order valence-corrected chi connectivity index (χ0v) is 10.5.